The summed E-state index contributed by atoms with van der Waals surface area (Å²) in [6.07, 6.45) is 0.258. The largest absolute Gasteiger partial charge is 0.508 e. The molecule has 0 aliphatic carbocycles. The predicted molar refractivity (Wildman–Crippen MR) is 87.6 cm³/mol. The number of phenolic OH excluding ortho intramolecular Hbond substituents is 2. The Hall–Kier alpha value is -2.59. The Labute approximate surface area is 132 Å². The Morgan fingerprint density at radius 3 is 2.36 bits per heavy atom. The number of Topliss-reactive ketones (excluding diaryl/α,β-unsaturated/α-hetero) is 1. The average Bonchev–Trinajstić information content (AvgIpc) is 2.97. The van der Waals surface area contributed by atoms with E-state index < -0.39 is 0 Å². The summed E-state index contributed by atoms with van der Waals surface area (Å²) in [6, 6.07) is 17.4. The summed E-state index contributed by atoms with van der Waals surface area (Å²) in [6.45, 7) is 0. The quantitative estimate of drug-likeness (QED) is 0.708. The molecule has 3 aromatic rings. The van der Waals surface area contributed by atoms with Crippen molar-refractivity contribution in [2.45, 2.75) is 6.42 Å². The number of hydrogen-bond donors (Lipinski definition) is 2. The van der Waals surface area contributed by atoms with Gasteiger partial charge in [0.15, 0.2) is 5.78 Å². The lowest BCUT2D eigenvalue weighted by Crippen LogP contribution is -2.00. The molecule has 3 rings (SSSR count). The van der Waals surface area contributed by atoms with Crippen LogP contribution in [0.3, 0.4) is 0 Å². The monoisotopic (exact) mass is 310 g/mol. The lowest BCUT2D eigenvalue weighted by Gasteiger charge is -2.00. The van der Waals surface area contributed by atoms with Crippen LogP contribution in [-0.4, -0.2) is 16.0 Å². The van der Waals surface area contributed by atoms with E-state index in [-0.39, 0.29) is 23.7 Å². The molecule has 3 nitrogen and oxygen atoms in total. The summed E-state index contributed by atoms with van der Waals surface area (Å²) in [5.41, 5.74) is 1.68. The van der Waals surface area contributed by atoms with Gasteiger partial charge in [-0.1, -0.05) is 24.3 Å². The van der Waals surface area contributed by atoms with E-state index in [1.165, 1.54) is 11.3 Å². The van der Waals surface area contributed by atoms with Gasteiger partial charge in [0.1, 0.15) is 11.5 Å². The minimum atomic E-state index is 0.0157. The van der Waals surface area contributed by atoms with Crippen LogP contribution < -0.4 is 0 Å². The standard InChI is InChI=1S/C18H14O3S/c19-14-5-1-3-12(9-14)10-16(21)18-8-7-17(22-18)13-4-2-6-15(20)11-13/h1-9,11,19-20H,10H2. The van der Waals surface area contributed by atoms with Gasteiger partial charge in [0.2, 0.25) is 0 Å². The highest BCUT2D eigenvalue weighted by molar-refractivity contribution is 7.17. The molecule has 2 N–H and O–H groups in total. The summed E-state index contributed by atoms with van der Waals surface area (Å²) >= 11 is 1.40. The van der Waals surface area contributed by atoms with Crippen molar-refractivity contribution >= 4 is 17.1 Å². The van der Waals surface area contributed by atoms with E-state index in [0.717, 1.165) is 16.0 Å². The zero-order valence-corrected chi connectivity index (χ0v) is 12.5. The number of aromatic hydroxyl groups is 2. The van der Waals surface area contributed by atoms with Gasteiger partial charge in [-0.25, -0.2) is 0 Å². The SMILES string of the molecule is O=C(Cc1cccc(O)c1)c1ccc(-c2cccc(O)c2)s1. The van der Waals surface area contributed by atoms with Crippen LogP contribution >= 0.6 is 11.3 Å². The predicted octanol–water partition coefficient (Wildman–Crippen LogP) is 4.25. The molecule has 0 spiro atoms. The number of thiophene rings is 1. The van der Waals surface area contributed by atoms with Crippen LogP contribution in [0.25, 0.3) is 10.4 Å². The highest BCUT2D eigenvalue weighted by Crippen LogP contribution is 2.30. The van der Waals surface area contributed by atoms with Crippen LogP contribution in [0, 0.1) is 0 Å². The molecule has 0 radical (unpaired) electrons. The summed E-state index contributed by atoms with van der Waals surface area (Å²) < 4.78 is 0. The molecule has 0 saturated heterocycles. The number of ketones is 1. The Kier molecular flexibility index (Phi) is 3.94. The second-order valence-corrected chi connectivity index (χ2v) is 6.07. The molecule has 0 unspecified atom stereocenters. The molecular formula is C18H14O3S. The lowest BCUT2D eigenvalue weighted by molar-refractivity contribution is 0.0997. The van der Waals surface area contributed by atoms with Gasteiger partial charge in [-0.05, 0) is 47.5 Å². The van der Waals surface area contributed by atoms with E-state index in [1.807, 2.05) is 18.2 Å². The highest BCUT2D eigenvalue weighted by atomic mass is 32.1. The number of hydrogen-bond acceptors (Lipinski definition) is 4. The maximum atomic E-state index is 12.3. The molecule has 1 heterocycles. The maximum Gasteiger partial charge on any atom is 0.177 e. The zero-order chi connectivity index (χ0) is 15.5. The summed E-state index contributed by atoms with van der Waals surface area (Å²) in [7, 11) is 0. The van der Waals surface area contributed by atoms with Crippen molar-refractivity contribution < 1.29 is 15.0 Å². The molecule has 0 saturated carbocycles. The molecule has 0 aliphatic heterocycles. The molecule has 4 heteroatoms. The Morgan fingerprint density at radius 1 is 0.909 bits per heavy atom. The van der Waals surface area contributed by atoms with Crippen molar-refractivity contribution in [2.24, 2.45) is 0 Å². The molecule has 22 heavy (non-hydrogen) atoms. The number of carbonyl (C=O) groups is 1. The van der Waals surface area contributed by atoms with Crippen LogP contribution in [-0.2, 0) is 6.42 Å². The topological polar surface area (TPSA) is 57.5 Å². The van der Waals surface area contributed by atoms with Gasteiger partial charge in [0.25, 0.3) is 0 Å². The van der Waals surface area contributed by atoms with E-state index in [2.05, 4.69) is 0 Å². The smallest absolute Gasteiger partial charge is 0.177 e. The van der Waals surface area contributed by atoms with Crippen LogP contribution in [0.2, 0.25) is 0 Å². The minimum Gasteiger partial charge on any atom is -0.508 e. The van der Waals surface area contributed by atoms with Crippen molar-refractivity contribution in [1.29, 1.82) is 0 Å². The van der Waals surface area contributed by atoms with Crippen molar-refractivity contribution in [3.05, 3.63) is 71.1 Å². The molecule has 0 amide bonds. The number of rotatable bonds is 4. The fraction of sp³-hybridized carbons (Fsp3) is 0.0556. The van der Waals surface area contributed by atoms with Crippen LogP contribution in [0.15, 0.2) is 60.7 Å². The summed E-state index contributed by atoms with van der Waals surface area (Å²) in [5, 5.41) is 19.0. The Morgan fingerprint density at radius 2 is 1.64 bits per heavy atom. The third-order valence-electron chi connectivity index (χ3n) is 3.29. The molecule has 0 bridgehead atoms. The molecule has 0 atom stereocenters. The van der Waals surface area contributed by atoms with E-state index in [1.54, 1.807) is 42.5 Å². The molecule has 0 aliphatic rings. The van der Waals surface area contributed by atoms with Gasteiger partial charge >= 0.3 is 0 Å². The summed E-state index contributed by atoms with van der Waals surface area (Å²) in [4.78, 5) is 13.9. The van der Waals surface area contributed by atoms with E-state index >= 15 is 0 Å². The minimum absolute atomic E-state index is 0.0157. The highest BCUT2D eigenvalue weighted by Gasteiger charge is 2.11. The molecule has 0 fully saturated rings. The number of benzene rings is 2. The fourth-order valence-electron chi connectivity index (χ4n) is 2.24. The second kappa shape index (κ2) is 6.03. The van der Waals surface area contributed by atoms with Crippen LogP contribution in [0.1, 0.15) is 15.2 Å². The van der Waals surface area contributed by atoms with Gasteiger partial charge in [-0.3, -0.25) is 4.79 Å². The Bertz CT molecular complexity index is 820. The van der Waals surface area contributed by atoms with Crippen LogP contribution in [0.5, 0.6) is 11.5 Å². The van der Waals surface area contributed by atoms with E-state index in [4.69, 9.17) is 0 Å². The van der Waals surface area contributed by atoms with Crippen molar-refractivity contribution in [1.82, 2.24) is 0 Å². The first-order valence-electron chi connectivity index (χ1n) is 6.82. The zero-order valence-electron chi connectivity index (χ0n) is 11.7. The van der Waals surface area contributed by atoms with Crippen molar-refractivity contribution in [2.75, 3.05) is 0 Å². The van der Waals surface area contributed by atoms with Gasteiger partial charge in [0, 0.05) is 11.3 Å². The first-order chi connectivity index (χ1) is 10.6. The van der Waals surface area contributed by atoms with Crippen molar-refractivity contribution in [3.63, 3.8) is 0 Å². The molecule has 1 aromatic heterocycles. The van der Waals surface area contributed by atoms with Crippen LogP contribution in [0.4, 0.5) is 0 Å². The molecule has 110 valence electrons. The molecule has 2 aromatic carbocycles. The third kappa shape index (κ3) is 3.18. The summed E-state index contributed by atoms with van der Waals surface area (Å²) in [5.74, 6) is 0.387. The lowest BCUT2D eigenvalue weighted by atomic mass is 10.1. The van der Waals surface area contributed by atoms with Crippen molar-refractivity contribution in [3.8, 4) is 21.9 Å². The Balaban J connectivity index is 1.80. The number of phenols is 2. The third-order valence-corrected chi connectivity index (χ3v) is 4.46. The first kappa shape index (κ1) is 14.4. The maximum absolute atomic E-state index is 12.3. The normalized spacial score (nSPS) is 10.5. The van der Waals surface area contributed by atoms with E-state index in [9.17, 15) is 15.0 Å². The van der Waals surface area contributed by atoms with Gasteiger partial charge in [0.05, 0.1) is 4.88 Å². The number of carbonyl (C=O) groups excluding carboxylic acids is 1. The van der Waals surface area contributed by atoms with Gasteiger partial charge in [-0.2, -0.15) is 0 Å². The first-order valence-corrected chi connectivity index (χ1v) is 7.64. The second-order valence-electron chi connectivity index (χ2n) is 4.98. The molecular weight excluding hydrogens is 296 g/mol. The average molecular weight is 310 g/mol. The fourth-order valence-corrected chi connectivity index (χ4v) is 3.18. The van der Waals surface area contributed by atoms with E-state index in [0.29, 0.717) is 4.88 Å². The van der Waals surface area contributed by atoms with Gasteiger partial charge < -0.3 is 10.2 Å². The van der Waals surface area contributed by atoms with Gasteiger partial charge in [-0.15, -0.1) is 11.3 Å².